The normalized spacial score (nSPS) is 19.5. The number of hydrogen-bond donors (Lipinski definition) is 1. The monoisotopic (exact) mass is 286 g/mol. The first-order chi connectivity index (χ1) is 9.81. The van der Waals surface area contributed by atoms with Gasteiger partial charge in [0.2, 0.25) is 11.8 Å². The lowest BCUT2D eigenvalue weighted by molar-refractivity contribution is 0.0696. The minimum atomic E-state index is -0.974. The van der Waals surface area contributed by atoms with Crippen LogP contribution in [-0.2, 0) is 0 Å². The van der Waals surface area contributed by atoms with Gasteiger partial charge in [0, 0.05) is 5.92 Å². The highest BCUT2D eigenvalue weighted by Crippen LogP contribution is 2.58. The number of aromatic carboxylic acids is 1. The molecule has 1 aromatic carbocycles. The van der Waals surface area contributed by atoms with Gasteiger partial charge in [-0.2, -0.15) is 0 Å². The molecule has 1 atom stereocenters. The lowest BCUT2D eigenvalue weighted by atomic mass is 9.97. The second kappa shape index (κ2) is 4.41. The summed E-state index contributed by atoms with van der Waals surface area (Å²) in [6.45, 7) is 7.93. The highest BCUT2D eigenvalue weighted by Gasteiger charge is 2.50. The zero-order chi connectivity index (χ0) is 15.4. The van der Waals surface area contributed by atoms with Crippen molar-refractivity contribution in [1.29, 1.82) is 0 Å². The Hall–Kier alpha value is -2.17. The Balaban J connectivity index is 2.09. The van der Waals surface area contributed by atoms with Crippen molar-refractivity contribution in [3.8, 4) is 11.5 Å². The van der Waals surface area contributed by atoms with Crippen LogP contribution < -0.4 is 0 Å². The van der Waals surface area contributed by atoms with Gasteiger partial charge in [0.25, 0.3) is 0 Å². The molecule has 1 aromatic heterocycles. The van der Waals surface area contributed by atoms with Crippen molar-refractivity contribution in [2.45, 2.75) is 40.0 Å². The number of aromatic nitrogens is 2. The molecule has 1 aliphatic rings. The molecule has 21 heavy (non-hydrogen) atoms. The van der Waals surface area contributed by atoms with Crippen LogP contribution in [0.5, 0.6) is 0 Å². The third kappa shape index (κ3) is 2.22. The van der Waals surface area contributed by atoms with Gasteiger partial charge in [-0.25, -0.2) is 4.79 Å². The molecule has 0 saturated heterocycles. The summed E-state index contributed by atoms with van der Waals surface area (Å²) in [7, 11) is 0. The molecule has 0 spiro atoms. The van der Waals surface area contributed by atoms with Crippen molar-refractivity contribution in [3.63, 3.8) is 0 Å². The lowest BCUT2D eigenvalue weighted by Crippen LogP contribution is -2.04. The number of carboxylic acids is 1. The number of carboxylic acid groups (broad SMARTS) is 1. The van der Waals surface area contributed by atoms with Crippen LogP contribution in [0.25, 0.3) is 11.5 Å². The Morgan fingerprint density at radius 2 is 1.90 bits per heavy atom. The number of hydrogen-bond acceptors (Lipinski definition) is 4. The number of aryl methyl sites for hydroxylation is 2. The molecular weight excluding hydrogens is 268 g/mol. The molecule has 1 N–H and O–H groups in total. The third-order valence-corrected chi connectivity index (χ3v) is 4.30. The van der Waals surface area contributed by atoms with Crippen LogP contribution in [0.3, 0.4) is 0 Å². The molecule has 0 radical (unpaired) electrons. The molecule has 1 fully saturated rings. The summed E-state index contributed by atoms with van der Waals surface area (Å²) in [5.41, 5.74) is 2.47. The fraction of sp³-hybridized carbons (Fsp3) is 0.438. The molecule has 0 aliphatic heterocycles. The summed E-state index contributed by atoms with van der Waals surface area (Å²) in [6.07, 6.45) is 1.02. The molecule has 110 valence electrons. The van der Waals surface area contributed by atoms with Gasteiger partial charge in [0.15, 0.2) is 0 Å². The molecule has 1 saturated carbocycles. The van der Waals surface area contributed by atoms with Gasteiger partial charge in [-0.3, -0.25) is 0 Å². The molecule has 0 amide bonds. The van der Waals surface area contributed by atoms with Crippen LogP contribution in [0.1, 0.15) is 53.6 Å². The van der Waals surface area contributed by atoms with Gasteiger partial charge < -0.3 is 9.52 Å². The molecule has 2 aromatic rings. The van der Waals surface area contributed by atoms with Crippen LogP contribution in [0.15, 0.2) is 16.5 Å². The summed E-state index contributed by atoms with van der Waals surface area (Å²) in [4.78, 5) is 11.5. The zero-order valence-corrected chi connectivity index (χ0v) is 12.6. The Labute approximate surface area is 123 Å². The van der Waals surface area contributed by atoms with Crippen LogP contribution >= 0.6 is 0 Å². The van der Waals surface area contributed by atoms with Gasteiger partial charge in [0.05, 0.1) is 11.1 Å². The van der Waals surface area contributed by atoms with Crippen molar-refractivity contribution in [2.75, 3.05) is 0 Å². The number of nitrogens with zero attached hydrogens (tertiary/aromatic N) is 2. The van der Waals surface area contributed by atoms with Crippen LogP contribution in [-0.4, -0.2) is 21.3 Å². The maximum atomic E-state index is 11.5. The number of rotatable bonds is 3. The van der Waals surface area contributed by atoms with E-state index in [1.54, 1.807) is 13.0 Å². The number of carbonyl (C=O) groups is 1. The second-order valence-corrected chi connectivity index (χ2v) is 6.45. The van der Waals surface area contributed by atoms with Crippen molar-refractivity contribution >= 4 is 5.97 Å². The minimum Gasteiger partial charge on any atom is -0.478 e. The Morgan fingerprint density at radius 3 is 2.48 bits per heavy atom. The van der Waals surface area contributed by atoms with Gasteiger partial charge in [0.1, 0.15) is 0 Å². The van der Waals surface area contributed by atoms with Crippen molar-refractivity contribution in [2.24, 2.45) is 5.41 Å². The first kappa shape index (κ1) is 13.8. The zero-order valence-electron chi connectivity index (χ0n) is 12.6. The fourth-order valence-electron chi connectivity index (χ4n) is 2.73. The maximum Gasteiger partial charge on any atom is 0.336 e. The van der Waals surface area contributed by atoms with Gasteiger partial charge in [-0.1, -0.05) is 26.0 Å². The molecular formula is C16H18N2O3. The molecule has 1 heterocycles. The highest BCUT2D eigenvalue weighted by molar-refractivity contribution is 5.97. The second-order valence-electron chi connectivity index (χ2n) is 6.45. The summed E-state index contributed by atoms with van der Waals surface area (Å²) in [6, 6.07) is 3.67. The molecule has 3 rings (SSSR count). The molecule has 1 aliphatic carbocycles. The molecule has 5 nitrogen and oxygen atoms in total. The Morgan fingerprint density at radius 1 is 1.29 bits per heavy atom. The van der Waals surface area contributed by atoms with Crippen molar-refractivity contribution in [3.05, 3.63) is 34.7 Å². The van der Waals surface area contributed by atoms with E-state index in [9.17, 15) is 9.90 Å². The van der Waals surface area contributed by atoms with Crippen LogP contribution in [0.2, 0.25) is 0 Å². The van der Waals surface area contributed by atoms with Crippen LogP contribution in [0.4, 0.5) is 0 Å². The van der Waals surface area contributed by atoms with Crippen molar-refractivity contribution in [1.82, 2.24) is 10.2 Å². The summed E-state index contributed by atoms with van der Waals surface area (Å²) in [5, 5.41) is 17.6. The van der Waals surface area contributed by atoms with Crippen LogP contribution in [0, 0.1) is 19.3 Å². The Bertz CT molecular complexity index is 731. The van der Waals surface area contributed by atoms with E-state index >= 15 is 0 Å². The summed E-state index contributed by atoms with van der Waals surface area (Å²) >= 11 is 0. The van der Waals surface area contributed by atoms with E-state index in [2.05, 4.69) is 24.0 Å². The van der Waals surface area contributed by atoms with E-state index in [1.807, 2.05) is 13.0 Å². The fourth-order valence-corrected chi connectivity index (χ4v) is 2.73. The summed E-state index contributed by atoms with van der Waals surface area (Å²) in [5.74, 6) is 0.202. The largest absolute Gasteiger partial charge is 0.478 e. The molecule has 5 heteroatoms. The first-order valence-electron chi connectivity index (χ1n) is 6.98. The van der Waals surface area contributed by atoms with E-state index in [0.29, 0.717) is 22.9 Å². The predicted octanol–water partition coefficient (Wildman–Crippen LogP) is 3.57. The maximum absolute atomic E-state index is 11.5. The highest BCUT2D eigenvalue weighted by atomic mass is 16.4. The minimum absolute atomic E-state index is 0.196. The average molecular weight is 286 g/mol. The average Bonchev–Trinajstić information content (AvgIpc) is 2.85. The third-order valence-electron chi connectivity index (χ3n) is 4.30. The molecule has 1 unspecified atom stereocenters. The lowest BCUT2D eigenvalue weighted by Gasteiger charge is -2.08. The SMILES string of the molecule is Cc1ccc(C)c(-c2nnc(C3CC3(C)C)o2)c1C(=O)O. The van der Waals surface area contributed by atoms with Gasteiger partial charge >= 0.3 is 5.97 Å². The smallest absolute Gasteiger partial charge is 0.336 e. The van der Waals surface area contributed by atoms with E-state index in [-0.39, 0.29) is 16.9 Å². The topological polar surface area (TPSA) is 76.2 Å². The van der Waals surface area contributed by atoms with E-state index < -0.39 is 5.97 Å². The van der Waals surface area contributed by atoms with Crippen molar-refractivity contribution < 1.29 is 14.3 Å². The standard InChI is InChI=1S/C16H18N2O3/c1-8-5-6-9(2)12(15(19)20)11(8)14-18-17-13(21-14)10-7-16(10,3)4/h5-6,10H,7H2,1-4H3,(H,19,20). The Kier molecular flexibility index (Phi) is 2.90. The summed E-state index contributed by atoms with van der Waals surface area (Å²) < 4.78 is 5.77. The predicted molar refractivity (Wildman–Crippen MR) is 77.3 cm³/mol. The first-order valence-corrected chi connectivity index (χ1v) is 6.98. The van der Waals surface area contributed by atoms with Gasteiger partial charge in [-0.15, -0.1) is 10.2 Å². The van der Waals surface area contributed by atoms with E-state index in [0.717, 1.165) is 12.0 Å². The molecule has 0 bridgehead atoms. The van der Waals surface area contributed by atoms with Gasteiger partial charge in [-0.05, 0) is 36.8 Å². The van der Waals surface area contributed by atoms with E-state index in [4.69, 9.17) is 4.42 Å². The quantitative estimate of drug-likeness (QED) is 0.933. The van der Waals surface area contributed by atoms with E-state index in [1.165, 1.54) is 0 Å². The number of benzene rings is 1.